The van der Waals surface area contributed by atoms with Gasteiger partial charge < -0.3 is 24.8 Å². The van der Waals surface area contributed by atoms with Crippen LogP contribution in [0.3, 0.4) is 0 Å². The maximum absolute atomic E-state index is 2.68. The van der Waals surface area contributed by atoms with Crippen LogP contribution in [0.1, 0.15) is 90.1 Å². The Kier molecular flexibility index (Phi) is 10.8. The molecule has 1 atom stereocenters. The van der Waals surface area contributed by atoms with E-state index in [1.54, 1.807) is 22.8 Å². The van der Waals surface area contributed by atoms with Crippen LogP contribution in [-0.2, 0) is 38.5 Å². The first-order chi connectivity index (χ1) is 19.0. The maximum atomic E-state index is 2.68. The Bertz CT molecular complexity index is 1620. The minimum atomic E-state index is -2.58. The second kappa shape index (κ2) is 12.8. The van der Waals surface area contributed by atoms with Crippen LogP contribution >= 0.6 is 0 Å². The first-order valence-corrected chi connectivity index (χ1v) is 22.7. The van der Waals surface area contributed by atoms with Crippen molar-refractivity contribution < 1.29 is 46.1 Å². The van der Waals surface area contributed by atoms with Crippen molar-refractivity contribution in [3.8, 4) is 11.1 Å². The van der Waals surface area contributed by atoms with E-state index in [2.05, 4.69) is 149 Å². The third-order valence-corrected chi connectivity index (χ3v) is 19.9. The summed E-state index contributed by atoms with van der Waals surface area (Å²) in [4.78, 5) is 0. The molecule has 0 spiro atoms. The molecule has 3 aromatic carbocycles. The number of hydrogen-bond donors (Lipinski definition) is 0. The summed E-state index contributed by atoms with van der Waals surface area (Å²) in [5, 5.41) is 1.70. The van der Waals surface area contributed by atoms with Gasteiger partial charge in [0.05, 0.1) is 0 Å². The van der Waals surface area contributed by atoms with Crippen LogP contribution in [0.4, 0.5) is 0 Å². The molecule has 0 saturated carbocycles. The van der Waals surface area contributed by atoms with Gasteiger partial charge in [0.2, 0.25) is 0 Å². The van der Waals surface area contributed by atoms with E-state index in [-0.39, 0.29) is 35.6 Å². The van der Waals surface area contributed by atoms with Gasteiger partial charge in [0, 0.05) is 0 Å². The molecule has 2 aliphatic carbocycles. The van der Waals surface area contributed by atoms with E-state index >= 15 is 0 Å². The van der Waals surface area contributed by atoms with Crippen LogP contribution in [0.15, 0.2) is 80.8 Å². The summed E-state index contributed by atoms with van der Waals surface area (Å²) in [6, 6.07) is 23.9. The van der Waals surface area contributed by atoms with Gasteiger partial charge in [0.1, 0.15) is 0 Å². The predicted molar refractivity (Wildman–Crippen MR) is 181 cm³/mol. The normalized spacial score (nSPS) is 16.6. The molecule has 4 heteroatoms. The number of rotatable bonds is 4. The number of benzene rings is 3. The van der Waals surface area contributed by atoms with Gasteiger partial charge in [0.25, 0.3) is 0 Å². The predicted octanol–water partition coefficient (Wildman–Crippen LogP) is 4.07. The molecular weight excluding hydrogens is 659 g/mol. The zero-order valence-electron chi connectivity index (χ0n) is 28.4. The third kappa shape index (κ3) is 6.94. The summed E-state index contributed by atoms with van der Waals surface area (Å²) in [7, 11) is -1.44. The van der Waals surface area contributed by atoms with Gasteiger partial charge >= 0.3 is 261 Å². The van der Waals surface area contributed by atoms with Crippen molar-refractivity contribution in [2.45, 2.75) is 99.2 Å². The minimum absolute atomic E-state index is 0. The van der Waals surface area contributed by atoms with Crippen molar-refractivity contribution in [1.82, 2.24) is 0 Å². The molecule has 43 heavy (non-hydrogen) atoms. The van der Waals surface area contributed by atoms with Crippen molar-refractivity contribution in [2.24, 2.45) is 5.92 Å². The summed E-state index contributed by atoms with van der Waals surface area (Å²) >= 11 is -2.58. The van der Waals surface area contributed by atoms with Crippen LogP contribution in [-0.4, -0.2) is 11.3 Å². The summed E-state index contributed by atoms with van der Waals surface area (Å²) in [6.07, 6.45) is 3.73. The zero-order chi connectivity index (χ0) is 30.1. The fourth-order valence-electron chi connectivity index (χ4n) is 6.95. The Morgan fingerprint density at radius 2 is 1.37 bits per heavy atom. The quantitative estimate of drug-likeness (QED) is 0.281. The van der Waals surface area contributed by atoms with Crippen molar-refractivity contribution in [1.29, 1.82) is 0 Å². The molecule has 0 bridgehead atoms. The van der Waals surface area contributed by atoms with E-state index in [1.807, 2.05) is 3.28 Å². The van der Waals surface area contributed by atoms with Gasteiger partial charge in [0.15, 0.2) is 0 Å². The average molecular weight is 709 g/mol. The van der Waals surface area contributed by atoms with Crippen LogP contribution in [0.5, 0.6) is 0 Å². The molecule has 0 heterocycles. The van der Waals surface area contributed by atoms with E-state index in [9.17, 15) is 0 Å². The number of hydrogen-bond acceptors (Lipinski definition) is 0. The average Bonchev–Trinajstić information content (AvgIpc) is 3.40. The van der Waals surface area contributed by atoms with E-state index in [1.165, 1.54) is 33.4 Å². The number of allylic oxidation sites excluding steroid dienone is 4. The van der Waals surface area contributed by atoms with Gasteiger partial charge in [-0.3, -0.25) is 0 Å². The molecule has 0 aliphatic heterocycles. The largest absolute Gasteiger partial charge is 1.00 e. The number of halogens is 2. The van der Waals surface area contributed by atoms with Crippen molar-refractivity contribution >= 4 is 14.6 Å². The fraction of sp³-hybridized carbons (Fsp3) is 0.410. The van der Waals surface area contributed by atoms with Crippen molar-refractivity contribution in [3.63, 3.8) is 0 Å². The Morgan fingerprint density at radius 3 is 1.91 bits per heavy atom. The van der Waals surface area contributed by atoms with Crippen LogP contribution in [0, 0.1) is 5.92 Å². The molecule has 0 amide bonds. The maximum Gasteiger partial charge on any atom is -1.00 e. The van der Waals surface area contributed by atoms with Gasteiger partial charge in [-0.1, -0.05) is 0 Å². The van der Waals surface area contributed by atoms with Crippen LogP contribution in [0.25, 0.3) is 11.1 Å². The third-order valence-electron chi connectivity index (χ3n) is 9.36. The molecule has 0 saturated heterocycles. The van der Waals surface area contributed by atoms with E-state index in [0.29, 0.717) is 5.92 Å². The van der Waals surface area contributed by atoms with Gasteiger partial charge in [-0.15, -0.1) is 0 Å². The van der Waals surface area contributed by atoms with E-state index in [0.717, 1.165) is 6.42 Å². The molecule has 0 fully saturated rings. The monoisotopic (exact) mass is 706 g/mol. The van der Waals surface area contributed by atoms with Crippen molar-refractivity contribution in [3.05, 3.63) is 109 Å². The topological polar surface area (TPSA) is 0 Å². The molecule has 3 aromatic rings. The second-order valence-electron chi connectivity index (χ2n) is 15.6. The molecule has 0 aromatic heterocycles. The molecule has 228 valence electrons. The van der Waals surface area contributed by atoms with Crippen molar-refractivity contribution in [2.75, 3.05) is 0 Å². The molecule has 0 nitrogen and oxygen atoms in total. The summed E-state index contributed by atoms with van der Waals surface area (Å²) in [5.41, 5.74) is 12.4. The first kappa shape index (κ1) is 36.2. The van der Waals surface area contributed by atoms with Crippen LogP contribution < -0.4 is 28.1 Å². The Labute approximate surface area is 283 Å². The smallest absolute Gasteiger partial charge is 1.00 e. The molecule has 1 unspecified atom stereocenters. The SMILES string of the molecule is CC1=[C](/[Zr+2](=[C](\C)c2ccccc2)[c]2cc(C(C)(C)C)cc3c2Cc2ccc(C(C)(C)C)cc2-3)C(C)C=C1[Si](C)(C)C.[Cl-].[Cl-]. The van der Waals surface area contributed by atoms with Gasteiger partial charge in [-0.25, -0.2) is 0 Å². The Hall–Kier alpha value is -1.31. The standard InChI is InChI=1S/C21H25.C10H17Si.C8H8.2ClH.Zr/c1-20(2,3)16-9-7-14-11-15-8-10-17(21(4,5)6)13-19(15)18(14)12-16;1-8-6-9(2)10(7-8)11(3,4)5;1-2-8-6-4-3-5-7-8;;;/h7,9-10,12-13H,11H2,1-6H3;7-8H,1-5H3;3-7H,1H3;2*1H;/q;;;;;+2/p-2. The molecule has 5 rings (SSSR count). The molecular formula is C39H50Cl2SiZr. The second-order valence-corrected chi connectivity index (χ2v) is 27.0. The Balaban J connectivity index is 0.00000253. The van der Waals surface area contributed by atoms with Crippen LogP contribution in [0.2, 0.25) is 19.6 Å². The Morgan fingerprint density at radius 1 is 0.791 bits per heavy atom. The summed E-state index contributed by atoms with van der Waals surface area (Å²) in [5.74, 6) is 0.523. The summed E-state index contributed by atoms with van der Waals surface area (Å²) < 4.78 is 5.20. The molecule has 2 aliphatic rings. The molecule has 0 radical (unpaired) electrons. The van der Waals surface area contributed by atoms with Gasteiger partial charge in [-0.05, 0) is 0 Å². The van der Waals surface area contributed by atoms with E-state index in [4.69, 9.17) is 0 Å². The minimum Gasteiger partial charge on any atom is -1.00 e. The van der Waals surface area contributed by atoms with Gasteiger partial charge in [-0.2, -0.15) is 0 Å². The first-order valence-electron chi connectivity index (χ1n) is 15.5. The zero-order valence-corrected chi connectivity index (χ0v) is 33.4. The van der Waals surface area contributed by atoms with E-state index < -0.39 is 29.3 Å². The molecule has 0 N–H and O–H groups in total. The fourth-order valence-corrected chi connectivity index (χ4v) is 17.7. The summed E-state index contributed by atoms with van der Waals surface area (Å²) in [6.45, 7) is 29.2. The number of fused-ring (bicyclic) bond motifs is 3.